The highest BCUT2D eigenvalue weighted by Gasteiger charge is 2.23. The number of nitrogen functional groups attached to an aromatic ring is 1. The van der Waals surface area contributed by atoms with Crippen molar-refractivity contribution < 1.29 is 4.74 Å². The first-order valence-electron chi connectivity index (χ1n) is 6.17. The second-order valence-electron chi connectivity index (χ2n) is 4.78. The summed E-state index contributed by atoms with van der Waals surface area (Å²) >= 11 is 0. The van der Waals surface area contributed by atoms with Crippen LogP contribution in [0.2, 0.25) is 0 Å². The van der Waals surface area contributed by atoms with Gasteiger partial charge in [0.2, 0.25) is 0 Å². The number of rotatable bonds is 2. The summed E-state index contributed by atoms with van der Waals surface area (Å²) in [5, 5.41) is 8.86. The van der Waals surface area contributed by atoms with Gasteiger partial charge in [-0.3, -0.25) is 0 Å². The van der Waals surface area contributed by atoms with Gasteiger partial charge in [0.25, 0.3) is 0 Å². The van der Waals surface area contributed by atoms with E-state index >= 15 is 0 Å². The Morgan fingerprint density at radius 2 is 2.12 bits per heavy atom. The lowest BCUT2D eigenvalue weighted by Crippen LogP contribution is -2.28. The van der Waals surface area contributed by atoms with Crippen molar-refractivity contribution in [1.82, 2.24) is 0 Å². The van der Waals surface area contributed by atoms with E-state index in [2.05, 4.69) is 13.0 Å². The average Bonchev–Trinajstić information content (AvgIpc) is 2.35. The van der Waals surface area contributed by atoms with Crippen LogP contribution in [0.3, 0.4) is 0 Å². The van der Waals surface area contributed by atoms with E-state index in [1.807, 2.05) is 0 Å². The predicted octanol–water partition coefficient (Wildman–Crippen LogP) is 3.10. The second-order valence-corrected chi connectivity index (χ2v) is 4.78. The zero-order valence-corrected chi connectivity index (χ0v) is 10.1. The molecule has 0 aromatic heterocycles. The van der Waals surface area contributed by atoms with Crippen LogP contribution in [0.5, 0.6) is 5.75 Å². The molecule has 0 spiro atoms. The first-order chi connectivity index (χ1) is 8.20. The highest BCUT2D eigenvalue weighted by molar-refractivity contribution is 5.56. The number of anilines is 1. The van der Waals surface area contributed by atoms with Gasteiger partial charge in [0.1, 0.15) is 11.9 Å². The van der Waals surface area contributed by atoms with Gasteiger partial charge in [0.15, 0.2) is 0 Å². The maximum Gasteiger partial charge on any atom is 0.143 e. The lowest BCUT2D eigenvalue weighted by Gasteiger charge is -2.29. The summed E-state index contributed by atoms with van der Waals surface area (Å²) in [7, 11) is 0. The van der Waals surface area contributed by atoms with Crippen molar-refractivity contribution in [1.29, 1.82) is 5.26 Å². The van der Waals surface area contributed by atoms with E-state index in [0.717, 1.165) is 6.42 Å². The largest absolute Gasteiger partial charge is 0.488 e. The van der Waals surface area contributed by atoms with Gasteiger partial charge in [-0.2, -0.15) is 5.26 Å². The van der Waals surface area contributed by atoms with E-state index in [-0.39, 0.29) is 6.10 Å². The molecule has 90 valence electrons. The molecular weight excluding hydrogens is 212 g/mol. The van der Waals surface area contributed by atoms with Crippen LogP contribution in [0.1, 0.15) is 38.2 Å². The summed E-state index contributed by atoms with van der Waals surface area (Å²) in [5.41, 5.74) is 7.08. The fraction of sp³-hybridized carbons (Fsp3) is 0.500. The van der Waals surface area contributed by atoms with Crippen LogP contribution in [-0.4, -0.2) is 6.10 Å². The fourth-order valence-corrected chi connectivity index (χ4v) is 2.33. The lowest BCUT2D eigenvalue weighted by molar-refractivity contribution is 0.103. The Bertz CT molecular complexity index is 436. The van der Waals surface area contributed by atoms with Crippen LogP contribution in [-0.2, 0) is 0 Å². The minimum atomic E-state index is 0.236. The molecule has 1 aromatic carbocycles. The van der Waals surface area contributed by atoms with E-state index in [4.69, 9.17) is 15.7 Å². The third-order valence-electron chi connectivity index (χ3n) is 3.45. The van der Waals surface area contributed by atoms with Crippen LogP contribution < -0.4 is 10.5 Å². The van der Waals surface area contributed by atoms with Crippen molar-refractivity contribution in [2.24, 2.45) is 5.92 Å². The van der Waals surface area contributed by atoms with Gasteiger partial charge in [0.05, 0.1) is 17.3 Å². The highest BCUT2D eigenvalue weighted by Crippen LogP contribution is 2.31. The summed E-state index contributed by atoms with van der Waals surface area (Å²) < 4.78 is 5.96. The summed E-state index contributed by atoms with van der Waals surface area (Å²) in [6, 6.07) is 7.29. The van der Waals surface area contributed by atoms with Crippen LogP contribution in [0.4, 0.5) is 5.69 Å². The molecule has 0 amide bonds. The molecule has 17 heavy (non-hydrogen) atoms. The molecule has 2 unspecified atom stereocenters. The van der Waals surface area contributed by atoms with Crippen LogP contribution >= 0.6 is 0 Å². The smallest absolute Gasteiger partial charge is 0.143 e. The Kier molecular flexibility index (Phi) is 3.53. The molecule has 3 nitrogen and oxygen atoms in total. The Hall–Kier alpha value is -1.69. The molecule has 0 saturated heterocycles. The number of ether oxygens (including phenoxy) is 1. The number of nitrogens with two attached hydrogens (primary N) is 1. The van der Waals surface area contributed by atoms with Crippen molar-refractivity contribution in [2.45, 2.75) is 38.7 Å². The molecule has 1 aliphatic rings. The summed E-state index contributed by atoms with van der Waals surface area (Å²) in [6.07, 6.45) is 5.03. The first-order valence-corrected chi connectivity index (χ1v) is 6.17. The van der Waals surface area contributed by atoms with E-state index in [9.17, 15) is 0 Å². The Labute approximate surface area is 102 Å². The number of hydrogen-bond acceptors (Lipinski definition) is 3. The third kappa shape index (κ3) is 2.71. The van der Waals surface area contributed by atoms with E-state index in [0.29, 0.717) is 22.9 Å². The van der Waals surface area contributed by atoms with Crippen molar-refractivity contribution in [3.63, 3.8) is 0 Å². The predicted molar refractivity (Wildman–Crippen MR) is 67.6 cm³/mol. The lowest BCUT2D eigenvalue weighted by atomic mass is 9.88. The molecular formula is C14H18N2O. The minimum Gasteiger partial charge on any atom is -0.488 e. The monoisotopic (exact) mass is 230 g/mol. The van der Waals surface area contributed by atoms with Crippen LogP contribution in [0, 0.1) is 17.2 Å². The summed E-state index contributed by atoms with van der Waals surface area (Å²) in [4.78, 5) is 0. The van der Waals surface area contributed by atoms with E-state index < -0.39 is 0 Å². The van der Waals surface area contributed by atoms with Crippen LogP contribution in [0.25, 0.3) is 0 Å². The van der Waals surface area contributed by atoms with Crippen molar-refractivity contribution >= 4 is 5.69 Å². The molecule has 0 aliphatic heterocycles. The zero-order valence-electron chi connectivity index (χ0n) is 10.1. The SMILES string of the molecule is CC1CCCCC1Oc1cc(C#N)ccc1N. The molecule has 3 heteroatoms. The van der Waals surface area contributed by atoms with Crippen molar-refractivity contribution in [3.05, 3.63) is 23.8 Å². The minimum absolute atomic E-state index is 0.236. The second kappa shape index (κ2) is 5.09. The molecule has 1 fully saturated rings. The molecule has 0 radical (unpaired) electrons. The zero-order chi connectivity index (χ0) is 12.3. The van der Waals surface area contributed by atoms with Gasteiger partial charge in [0, 0.05) is 6.07 Å². The maximum absolute atomic E-state index is 8.86. The normalized spacial score (nSPS) is 24.0. The van der Waals surface area contributed by atoms with Gasteiger partial charge in [-0.05, 0) is 37.3 Å². The first kappa shape index (κ1) is 11.8. The molecule has 1 aliphatic carbocycles. The molecule has 0 bridgehead atoms. The average molecular weight is 230 g/mol. The van der Waals surface area contributed by atoms with Crippen molar-refractivity contribution in [3.8, 4) is 11.8 Å². The topological polar surface area (TPSA) is 59.0 Å². The number of benzene rings is 1. The molecule has 1 saturated carbocycles. The maximum atomic E-state index is 8.86. The molecule has 1 aromatic rings. The summed E-state index contributed by atoms with van der Waals surface area (Å²) in [6.45, 7) is 2.22. The van der Waals surface area contributed by atoms with Gasteiger partial charge in [-0.25, -0.2) is 0 Å². The standard InChI is InChI=1S/C14H18N2O/c1-10-4-2-3-5-13(10)17-14-8-11(9-15)6-7-12(14)16/h6-8,10,13H,2-5,16H2,1H3. The number of hydrogen-bond donors (Lipinski definition) is 1. The highest BCUT2D eigenvalue weighted by atomic mass is 16.5. The van der Waals surface area contributed by atoms with Gasteiger partial charge in [-0.1, -0.05) is 13.3 Å². The van der Waals surface area contributed by atoms with E-state index in [1.54, 1.807) is 18.2 Å². The fourth-order valence-electron chi connectivity index (χ4n) is 2.33. The Morgan fingerprint density at radius 3 is 2.82 bits per heavy atom. The molecule has 2 rings (SSSR count). The van der Waals surface area contributed by atoms with Gasteiger partial charge in [-0.15, -0.1) is 0 Å². The van der Waals surface area contributed by atoms with Crippen molar-refractivity contribution in [2.75, 3.05) is 5.73 Å². The quantitative estimate of drug-likeness (QED) is 0.794. The summed E-state index contributed by atoms with van der Waals surface area (Å²) in [5.74, 6) is 1.22. The number of nitriles is 1. The van der Waals surface area contributed by atoms with Gasteiger partial charge < -0.3 is 10.5 Å². The van der Waals surface area contributed by atoms with E-state index in [1.165, 1.54) is 19.3 Å². The molecule has 2 N–H and O–H groups in total. The molecule has 0 heterocycles. The number of nitrogens with zero attached hydrogens (tertiary/aromatic N) is 1. The Morgan fingerprint density at radius 1 is 1.35 bits per heavy atom. The Balaban J connectivity index is 2.14. The van der Waals surface area contributed by atoms with Crippen LogP contribution in [0.15, 0.2) is 18.2 Å². The third-order valence-corrected chi connectivity index (χ3v) is 3.45. The molecule has 2 atom stereocenters. The van der Waals surface area contributed by atoms with Gasteiger partial charge >= 0.3 is 0 Å².